The zero-order chi connectivity index (χ0) is 28.9. The van der Waals surface area contributed by atoms with E-state index in [1.807, 2.05) is 13.0 Å². The Morgan fingerprint density at radius 3 is 2.63 bits per heavy atom. The van der Waals surface area contributed by atoms with E-state index in [1.54, 1.807) is 52.7 Å². The van der Waals surface area contributed by atoms with Crippen LogP contribution in [0.25, 0.3) is 11.1 Å². The van der Waals surface area contributed by atoms with Gasteiger partial charge >= 0.3 is 0 Å². The van der Waals surface area contributed by atoms with Gasteiger partial charge in [0.15, 0.2) is 0 Å². The minimum atomic E-state index is -0.745. The van der Waals surface area contributed by atoms with Crippen LogP contribution in [0, 0.1) is 18.3 Å². The summed E-state index contributed by atoms with van der Waals surface area (Å²) in [5.41, 5.74) is 3.21. The van der Waals surface area contributed by atoms with Gasteiger partial charge in [-0.3, -0.25) is 14.4 Å². The van der Waals surface area contributed by atoms with Crippen molar-refractivity contribution in [3.63, 3.8) is 0 Å². The molecule has 1 atom stereocenters. The van der Waals surface area contributed by atoms with Gasteiger partial charge in [-0.15, -0.1) is 0 Å². The third-order valence-corrected chi connectivity index (χ3v) is 8.03. The normalized spacial score (nSPS) is 18.1. The maximum atomic E-state index is 13.8. The maximum absolute atomic E-state index is 13.8. The fourth-order valence-corrected chi connectivity index (χ4v) is 5.72. The first-order valence-corrected chi connectivity index (χ1v) is 14.2. The van der Waals surface area contributed by atoms with E-state index < -0.39 is 11.8 Å². The van der Waals surface area contributed by atoms with Crippen molar-refractivity contribution < 1.29 is 18.8 Å². The Hall–Kier alpha value is -4.29. The summed E-state index contributed by atoms with van der Waals surface area (Å²) in [7, 11) is 0. The Bertz CT molecular complexity index is 1500. The summed E-state index contributed by atoms with van der Waals surface area (Å²) in [6.45, 7) is 3.83. The van der Waals surface area contributed by atoms with Gasteiger partial charge in [-0.1, -0.05) is 23.7 Å². The monoisotopic (exact) mass is 573 g/mol. The third-order valence-electron chi connectivity index (χ3n) is 7.70. The quantitative estimate of drug-likeness (QED) is 0.222. The van der Waals surface area contributed by atoms with Crippen molar-refractivity contribution in [1.29, 1.82) is 5.26 Å². The van der Waals surface area contributed by atoms with Crippen LogP contribution < -0.4 is 10.6 Å². The SMILES string of the molecule is Cc1cc2coccc-2c1NC(N[C@H]1CCCCN(CC(=O)N2CCCC2)C1=O)=C(C#N)C(=O)c1ccccc1Cl. The molecule has 212 valence electrons. The minimum Gasteiger partial charge on any atom is -0.472 e. The lowest BCUT2D eigenvalue weighted by Gasteiger charge is -2.28. The van der Waals surface area contributed by atoms with Crippen LogP contribution in [0.3, 0.4) is 0 Å². The zero-order valence-corrected chi connectivity index (χ0v) is 23.7. The van der Waals surface area contributed by atoms with Gasteiger partial charge in [0.1, 0.15) is 23.5 Å². The molecule has 4 aliphatic rings. The summed E-state index contributed by atoms with van der Waals surface area (Å²) in [6, 6.07) is 11.6. The highest BCUT2D eigenvalue weighted by Crippen LogP contribution is 2.37. The molecule has 2 amide bonds. The number of hydrogen-bond acceptors (Lipinski definition) is 7. The molecule has 2 saturated heterocycles. The number of nitrogens with zero attached hydrogens (tertiary/aromatic N) is 3. The number of fused-ring (bicyclic) bond motifs is 1. The van der Waals surface area contributed by atoms with Crippen LogP contribution in [0.1, 0.15) is 48.0 Å². The molecule has 2 N–H and O–H groups in total. The fraction of sp³-hybridized carbons (Fsp3) is 0.355. The van der Waals surface area contributed by atoms with E-state index >= 15 is 0 Å². The molecule has 0 saturated carbocycles. The topological polar surface area (TPSA) is 119 Å². The average molecular weight is 574 g/mol. The Kier molecular flexibility index (Phi) is 8.60. The summed E-state index contributed by atoms with van der Waals surface area (Å²) < 4.78 is 5.31. The Labute approximate surface area is 244 Å². The lowest BCUT2D eigenvalue weighted by molar-refractivity contribution is -0.140. The molecule has 0 bridgehead atoms. The number of carbonyl (C=O) groups excluding carboxylic acids is 3. The number of rotatable bonds is 8. The number of benzene rings is 1. The number of Topliss-reactive ketones (excluding diaryl/α,β-unsaturated/α-hetero) is 1. The molecule has 0 unspecified atom stereocenters. The van der Waals surface area contributed by atoms with E-state index in [0.717, 1.165) is 55.5 Å². The second kappa shape index (κ2) is 12.5. The van der Waals surface area contributed by atoms with Crippen molar-refractivity contribution in [2.75, 3.05) is 31.5 Å². The van der Waals surface area contributed by atoms with Crippen LogP contribution in [0.5, 0.6) is 0 Å². The molecule has 1 aromatic carbocycles. The van der Waals surface area contributed by atoms with Gasteiger partial charge in [-0.2, -0.15) is 5.26 Å². The highest BCUT2D eigenvalue weighted by Gasteiger charge is 2.32. The molecule has 41 heavy (non-hydrogen) atoms. The lowest BCUT2D eigenvalue weighted by Crippen LogP contribution is -2.49. The lowest BCUT2D eigenvalue weighted by atomic mass is 10.0. The van der Waals surface area contributed by atoms with E-state index in [-0.39, 0.29) is 40.3 Å². The molecule has 3 aliphatic heterocycles. The summed E-state index contributed by atoms with van der Waals surface area (Å²) in [6.07, 6.45) is 7.10. The summed E-state index contributed by atoms with van der Waals surface area (Å²) >= 11 is 6.33. The van der Waals surface area contributed by atoms with Crippen LogP contribution in [-0.2, 0) is 9.59 Å². The predicted molar refractivity (Wildman–Crippen MR) is 155 cm³/mol. The Morgan fingerprint density at radius 2 is 1.88 bits per heavy atom. The van der Waals surface area contributed by atoms with E-state index in [4.69, 9.17) is 16.0 Å². The molecule has 5 rings (SSSR count). The molecule has 0 aromatic heterocycles. The first-order chi connectivity index (χ1) is 19.9. The smallest absolute Gasteiger partial charge is 0.245 e. The van der Waals surface area contributed by atoms with Gasteiger partial charge in [0.25, 0.3) is 0 Å². The van der Waals surface area contributed by atoms with Gasteiger partial charge in [-0.05, 0) is 68.9 Å². The maximum Gasteiger partial charge on any atom is 0.245 e. The van der Waals surface area contributed by atoms with Gasteiger partial charge in [0.05, 0.1) is 29.8 Å². The third kappa shape index (κ3) is 6.08. The van der Waals surface area contributed by atoms with Crippen molar-refractivity contribution in [3.05, 3.63) is 76.5 Å². The van der Waals surface area contributed by atoms with Crippen LogP contribution >= 0.6 is 11.6 Å². The number of carbonyl (C=O) groups is 3. The number of anilines is 1. The van der Waals surface area contributed by atoms with Gasteiger partial charge in [0.2, 0.25) is 17.6 Å². The van der Waals surface area contributed by atoms with Crippen molar-refractivity contribution in [3.8, 4) is 17.2 Å². The molecular formula is C31H32ClN5O4. The predicted octanol–water partition coefficient (Wildman–Crippen LogP) is 4.97. The average Bonchev–Trinajstić information content (AvgIpc) is 3.58. The summed E-state index contributed by atoms with van der Waals surface area (Å²) in [4.78, 5) is 43.7. The Balaban J connectivity index is 1.50. The first kappa shape index (κ1) is 28.2. The first-order valence-electron chi connectivity index (χ1n) is 13.9. The molecule has 3 heterocycles. The van der Waals surface area contributed by atoms with E-state index in [2.05, 4.69) is 16.7 Å². The van der Waals surface area contributed by atoms with Crippen molar-refractivity contribution in [1.82, 2.24) is 15.1 Å². The Morgan fingerprint density at radius 1 is 1.12 bits per heavy atom. The van der Waals surface area contributed by atoms with Crippen molar-refractivity contribution in [2.24, 2.45) is 0 Å². The van der Waals surface area contributed by atoms with Gasteiger partial charge in [0, 0.05) is 36.3 Å². The number of likely N-dealkylation sites (tertiary alicyclic amines) is 2. The van der Waals surface area contributed by atoms with Gasteiger partial charge in [-0.25, -0.2) is 0 Å². The van der Waals surface area contributed by atoms with Gasteiger partial charge < -0.3 is 24.9 Å². The molecule has 10 heteroatoms. The number of nitrogens with one attached hydrogen (secondary N) is 2. The molecule has 0 spiro atoms. The number of amides is 2. The van der Waals surface area contributed by atoms with Crippen LogP contribution in [0.2, 0.25) is 5.02 Å². The minimum absolute atomic E-state index is 0.0171. The van der Waals surface area contributed by atoms with Crippen molar-refractivity contribution >= 4 is 34.9 Å². The molecular weight excluding hydrogens is 542 g/mol. The highest BCUT2D eigenvalue weighted by molar-refractivity contribution is 6.35. The number of halogens is 1. The fourth-order valence-electron chi connectivity index (χ4n) is 5.50. The highest BCUT2D eigenvalue weighted by atomic mass is 35.5. The number of nitriles is 1. The molecule has 0 radical (unpaired) electrons. The second-order valence-corrected chi connectivity index (χ2v) is 10.9. The molecule has 2 fully saturated rings. The van der Waals surface area contributed by atoms with E-state index in [9.17, 15) is 19.6 Å². The second-order valence-electron chi connectivity index (χ2n) is 10.5. The van der Waals surface area contributed by atoms with E-state index in [0.29, 0.717) is 18.7 Å². The molecule has 1 aromatic rings. The number of aryl methyl sites for hydroxylation is 1. The number of hydrogen-bond donors (Lipinski definition) is 2. The van der Waals surface area contributed by atoms with Crippen molar-refractivity contribution in [2.45, 2.75) is 45.1 Å². The summed E-state index contributed by atoms with van der Waals surface area (Å²) in [5.74, 6) is -0.750. The molecule has 9 nitrogen and oxygen atoms in total. The standard InChI is InChI=1S/C31H32ClN5O4/c1-20-16-21-19-41-15-11-22(21)28(20)35-30(24(17-33)29(39)23-8-2-3-9-25(23)32)34-26-10-4-5-14-37(31(26)40)18-27(38)36-12-6-7-13-36/h2-3,8-9,11,15-16,19,26,34-35H,4-7,10,12-14,18H2,1H3/t26-/m0/s1. The van der Waals surface area contributed by atoms with Crippen LogP contribution in [0.15, 0.2) is 64.7 Å². The molecule has 1 aliphatic carbocycles. The number of ketones is 1. The largest absolute Gasteiger partial charge is 0.472 e. The zero-order valence-electron chi connectivity index (χ0n) is 22.9. The van der Waals surface area contributed by atoms with E-state index in [1.165, 1.54) is 0 Å². The van der Waals surface area contributed by atoms with Crippen LogP contribution in [0.4, 0.5) is 5.69 Å². The number of allylic oxidation sites excluding steroid dienone is 1. The summed E-state index contributed by atoms with van der Waals surface area (Å²) in [5, 5.41) is 17.0. The van der Waals surface area contributed by atoms with Crippen LogP contribution in [-0.4, -0.2) is 59.6 Å².